The number of hydrogen-bond acceptors (Lipinski definition) is 10. The van der Waals surface area contributed by atoms with Crippen LogP contribution in [0.4, 0.5) is 5.95 Å². The van der Waals surface area contributed by atoms with Crippen molar-refractivity contribution in [3.05, 3.63) is 59.1 Å². The number of benzene rings is 2. The van der Waals surface area contributed by atoms with Crippen LogP contribution in [0.1, 0.15) is 54.2 Å². The highest BCUT2D eigenvalue weighted by atomic mass is 31.2. The SMILES string of the molecule is CC[C@H](OC(C)n1cnc2c(=O)[nH]c(N)nc21)C(C)OP(=O)(NC(C)C(=O)OC(C)C)Oc1cccc2ccccc12. The van der Waals surface area contributed by atoms with E-state index in [0.717, 1.165) is 10.8 Å². The van der Waals surface area contributed by atoms with Crippen molar-refractivity contribution in [1.82, 2.24) is 24.6 Å². The van der Waals surface area contributed by atoms with Crippen LogP contribution < -0.4 is 20.9 Å². The van der Waals surface area contributed by atoms with Crippen LogP contribution in [0.15, 0.2) is 53.6 Å². The Kier molecular flexibility index (Phi) is 9.67. The zero-order chi connectivity index (χ0) is 30.6. The van der Waals surface area contributed by atoms with E-state index in [0.29, 0.717) is 12.2 Å². The molecule has 2 aromatic heterocycles. The molecule has 2 heterocycles. The summed E-state index contributed by atoms with van der Waals surface area (Å²) in [6.45, 7) is 10.3. The first-order valence-corrected chi connectivity index (χ1v) is 15.3. The van der Waals surface area contributed by atoms with Crippen molar-refractivity contribution in [2.75, 3.05) is 5.73 Å². The largest absolute Gasteiger partial charge is 0.462 e. The number of aromatic amines is 1. The number of carbonyl (C=O) groups is 1. The summed E-state index contributed by atoms with van der Waals surface area (Å²) >= 11 is 0. The lowest BCUT2D eigenvalue weighted by Gasteiger charge is -2.31. The molecule has 226 valence electrons. The van der Waals surface area contributed by atoms with Gasteiger partial charge in [0.1, 0.15) is 18.0 Å². The number of nitrogen functional groups attached to an aromatic ring is 1. The zero-order valence-electron chi connectivity index (χ0n) is 24.4. The van der Waals surface area contributed by atoms with Crippen LogP contribution in [0.5, 0.6) is 5.75 Å². The minimum Gasteiger partial charge on any atom is -0.462 e. The summed E-state index contributed by atoms with van der Waals surface area (Å²) in [5.74, 6) is -0.330. The third-order valence-corrected chi connectivity index (χ3v) is 8.22. The summed E-state index contributed by atoms with van der Waals surface area (Å²) in [6.07, 6.45) is -0.484. The summed E-state index contributed by atoms with van der Waals surface area (Å²) in [4.78, 5) is 35.6. The van der Waals surface area contributed by atoms with Gasteiger partial charge in [-0.3, -0.25) is 23.7 Å². The molecule has 4 aromatic rings. The average molecular weight is 601 g/mol. The van der Waals surface area contributed by atoms with Gasteiger partial charge in [-0.15, -0.1) is 0 Å². The molecule has 0 fully saturated rings. The Morgan fingerprint density at radius 1 is 1.12 bits per heavy atom. The van der Waals surface area contributed by atoms with Gasteiger partial charge in [-0.1, -0.05) is 43.3 Å². The molecular weight excluding hydrogens is 563 g/mol. The molecule has 4 unspecified atom stereocenters. The number of nitrogens with two attached hydrogens (primary N) is 1. The molecule has 0 spiro atoms. The maximum atomic E-state index is 14.3. The van der Waals surface area contributed by atoms with Gasteiger partial charge >= 0.3 is 13.7 Å². The second kappa shape index (κ2) is 13.0. The molecule has 0 aliphatic carbocycles. The van der Waals surface area contributed by atoms with Gasteiger partial charge in [0, 0.05) is 5.39 Å². The Hall–Kier alpha value is -3.77. The number of nitrogens with zero attached hydrogens (tertiary/aromatic N) is 3. The molecule has 4 rings (SSSR count). The Morgan fingerprint density at radius 2 is 1.83 bits per heavy atom. The monoisotopic (exact) mass is 600 g/mol. The van der Waals surface area contributed by atoms with Crippen LogP contribution in [0, 0.1) is 0 Å². The highest BCUT2D eigenvalue weighted by molar-refractivity contribution is 7.52. The molecule has 0 bridgehead atoms. The number of rotatable bonds is 13. The van der Waals surface area contributed by atoms with E-state index in [-0.39, 0.29) is 23.2 Å². The zero-order valence-corrected chi connectivity index (χ0v) is 25.3. The first-order chi connectivity index (χ1) is 19.9. The summed E-state index contributed by atoms with van der Waals surface area (Å²) in [7, 11) is -4.20. The van der Waals surface area contributed by atoms with Gasteiger partial charge in [0.05, 0.1) is 24.6 Å². The Balaban J connectivity index is 1.59. The predicted molar refractivity (Wildman–Crippen MR) is 159 cm³/mol. The van der Waals surface area contributed by atoms with E-state index < -0.39 is 43.8 Å². The normalized spacial score (nSPS) is 16.2. The van der Waals surface area contributed by atoms with E-state index >= 15 is 0 Å². The molecule has 4 N–H and O–H groups in total. The third kappa shape index (κ3) is 7.16. The molecule has 42 heavy (non-hydrogen) atoms. The van der Waals surface area contributed by atoms with Gasteiger partial charge in [-0.2, -0.15) is 10.1 Å². The lowest BCUT2D eigenvalue weighted by atomic mass is 10.1. The minimum absolute atomic E-state index is 0.0482. The molecule has 5 atom stereocenters. The molecule has 0 saturated carbocycles. The minimum atomic E-state index is -4.20. The van der Waals surface area contributed by atoms with Crippen molar-refractivity contribution in [2.24, 2.45) is 0 Å². The molecular formula is C28H37N6O7P. The first-order valence-electron chi connectivity index (χ1n) is 13.7. The summed E-state index contributed by atoms with van der Waals surface area (Å²) in [5.41, 5.74) is 5.65. The summed E-state index contributed by atoms with van der Waals surface area (Å²) in [6, 6.07) is 11.8. The van der Waals surface area contributed by atoms with Crippen LogP contribution >= 0.6 is 7.75 Å². The molecule has 0 aliphatic rings. The Morgan fingerprint density at radius 3 is 2.55 bits per heavy atom. The summed E-state index contributed by atoms with van der Waals surface area (Å²) in [5, 5.41) is 4.35. The van der Waals surface area contributed by atoms with E-state index in [1.807, 2.05) is 37.3 Å². The van der Waals surface area contributed by atoms with E-state index in [1.165, 1.54) is 13.3 Å². The van der Waals surface area contributed by atoms with E-state index in [1.54, 1.807) is 44.4 Å². The molecule has 0 aliphatic heterocycles. The van der Waals surface area contributed by atoms with Crippen LogP contribution in [-0.4, -0.2) is 49.8 Å². The number of hydrogen-bond donors (Lipinski definition) is 3. The number of anilines is 1. The van der Waals surface area contributed by atoms with Gasteiger partial charge in [0.25, 0.3) is 5.56 Å². The smallest absolute Gasteiger partial charge is 0.459 e. The Labute approximate surface area is 243 Å². The second-order valence-electron chi connectivity index (χ2n) is 10.2. The maximum Gasteiger partial charge on any atom is 0.459 e. The predicted octanol–water partition coefficient (Wildman–Crippen LogP) is 4.69. The Bertz CT molecular complexity index is 1650. The van der Waals surface area contributed by atoms with Crippen molar-refractivity contribution >= 4 is 41.6 Å². The number of ether oxygens (including phenoxy) is 2. The van der Waals surface area contributed by atoms with Crippen LogP contribution in [-0.2, 0) is 23.4 Å². The number of H-pyrrole nitrogens is 1. The molecule has 0 amide bonds. The van der Waals surface area contributed by atoms with Crippen molar-refractivity contribution < 1.29 is 27.9 Å². The summed E-state index contributed by atoms with van der Waals surface area (Å²) < 4.78 is 39.6. The van der Waals surface area contributed by atoms with Crippen LogP contribution in [0.2, 0.25) is 0 Å². The van der Waals surface area contributed by atoms with Gasteiger partial charge in [0.15, 0.2) is 11.2 Å². The van der Waals surface area contributed by atoms with Gasteiger partial charge in [-0.05, 0) is 52.5 Å². The number of nitrogens with one attached hydrogen (secondary N) is 2. The molecule has 14 heteroatoms. The lowest BCUT2D eigenvalue weighted by Crippen LogP contribution is -2.38. The fourth-order valence-corrected chi connectivity index (χ4v) is 6.19. The molecule has 0 radical (unpaired) electrons. The number of imidazole rings is 1. The lowest BCUT2D eigenvalue weighted by molar-refractivity contribution is -0.149. The van der Waals surface area contributed by atoms with E-state index in [9.17, 15) is 14.2 Å². The van der Waals surface area contributed by atoms with Crippen molar-refractivity contribution in [2.45, 2.75) is 78.5 Å². The van der Waals surface area contributed by atoms with Crippen LogP contribution in [0.3, 0.4) is 0 Å². The second-order valence-corrected chi connectivity index (χ2v) is 11.8. The molecule has 13 nitrogen and oxygen atoms in total. The van der Waals surface area contributed by atoms with E-state index in [4.69, 9.17) is 24.3 Å². The molecule has 2 aromatic carbocycles. The number of aromatic nitrogens is 4. The number of carbonyl (C=O) groups excluding carboxylic acids is 1. The number of esters is 1. The highest BCUT2D eigenvalue weighted by Crippen LogP contribution is 2.48. The van der Waals surface area contributed by atoms with E-state index in [2.05, 4.69) is 20.0 Å². The fraction of sp³-hybridized carbons (Fsp3) is 0.429. The quantitative estimate of drug-likeness (QED) is 0.144. The highest BCUT2D eigenvalue weighted by Gasteiger charge is 2.37. The van der Waals surface area contributed by atoms with Gasteiger partial charge in [0.2, 0.25) is 5.95 Å². The number of fused-ring (bicyclic) bond motifs is 2. The van der Waals surface area contributed by atoms with Crippen molar-refractivity contribution in [3.8, 4) is 5.75 Å². The average Bonchev–Trinajstić information content (AvgIpc) is 3.35. The first kappa shape index (κ1) is 31.2. The molecule has 0 saturated heterocycles. The van der Waals surface area contributed by atoms with Gasteiger partial charge < -0.3 is 19.7 Å². The van der Waals surface area contributed by atoms with Crippen molar-refractivity contribution in [1.29, 1.82) is 0 Å². The topological polar surface area (TPSA) is 173 Å². The van der Waals surface area contributed by atoms with Gasteiger partial charge in [-0.25, -0.2) is 9.55 Å². The third-order valence-electron chi connectivity index (χ3n) is 6.47. The standard InChI is InChI=1S/C28H37N6O7P/c1-7-22(39-19(6)34-15-30-24-25(34)31-28(29)32-26(24)35)18(5)40-42(37,33-17(4)27(36)38-16(2)3)41-23-14-10-12-20-11-8-9-13-21(20)23/h8-19,22H,7H2,1-6H3,(H,33,37)(H3,29,31,32,35)/t17?,18?,19?,22-,42?/m0/s1. The van der Waals surface area contributed by atoms with Crippen molar-refractivity contribution in [3.63, 3.8) is 0 Å². The van der Waals surface area contributed by atoms with Crippen LogP contribution in [0.25, 0.3) is 21.9 Å². The maximum absolute atomic E-state index is 14.3. The fourth-order valence-electron chi connectivity index (χ4n) is 4.46.